The Balaban J connectivity index is 2.30. The summed E-state index contributed by atoms with van der Waals surface area (Å²) in [6, 6.07) is 6.12. The summed E-state index contributed by atoms with van der Waals surface area (Å²) in [4.78, 5) is 10.2. The number of nitrogens with one attached hydrogen (secondary N) is 1. The van der Waals surface area contributed by atoms with Crippen LogP contribution in [0, 0.1) is 6.92 Å². The Morgan fingerprint density at radius 3 is 2.56 bits per heavy atom. The van der Waals surface area contributed by atoms with Gasteiger partial charge in [0.25, 0.3) is 0 Å². The van der Waals surface area contributed by atoms with E-state index < -0.39 is 0 Å². The van der Waals surface area contributed by atoms with Gasteiger partial charge in [0, 0.05) is 37.9 Å². The number of aromatic nitrogens is 2. The zero-order valence-electron chi connectivity index (χ0n) is 10.8. The molecule has 0 spiro atoms. The van der Waals surface area contributed by atoms with Crippen LogP contribution in [0.1, 0.15) is 5.56 Å². The molecular formula is C13H17N5. The lowest BCUT2D eigenvalue weighted by Gasteiger charge is -2.17. The molecule has 5 nitrogen and oxygen atoms in total. The van der Waals surface area contributed by atoms with Crippen molar-refractivity contribution in [3.05, 3.63) is 36.2 Å². The molecule has 18 heavy (non-hydrogen) atoms. The van der Waals surface area contributed by atoms with Crippen LogP contribution in [0.5, 0.6) is 0 Å². The number of benzene rings is 1. The Kier molecular flexibility index (Phi) is 3.32. The number of hydrogen-bond donors (Lipinski definition) is 2. The van der Waals surface area contributed by atoms with Crippen molar-refractivity contribution in [2.24, 2.45) is 0 Å². The first-order valence-electron chi connectivity index (χ1n) is 5.69. The van der Waals surface area contributed by atoms with Gasteiger partial charge in [-0.05, 0) is 24.6 Å². The summed E-state index contributed by atoms with van der Waals surface area (Å²) < 4.78 is 0. The molecule has 3 N–H and O–H groups in total. The van der Waals surface area contributed by atoms with Crippen molar-refractivity contribution in [2.75, 3.05) is 30.0 Å². The Labute approximate surface area is 107 Å². The van der Waals surface area contributed by atoms with E-state index in [-0.39, 0.29) is 0 Å². The minimum absolute atomic E-state index is 0.393. The zero-order chi connectivity index (χ0) is 13.1. The lowest BCUT2D eigenvalue weighted by atomic mass is 10.1. The van der Waals surface area contributed by atoms with Gasteiger partial charge in [-0.25, -0.2) is 9.97 Å². The van der Waals surface area contributed by atoms with Crippen LogP contribution < -0.4 is 16.0 Å². The molecule has 0 saturated carbocycles. The molecular weight excluding hydrogens is 226 g/mol. The SMILES string of the molecule is Cc1ccc(Nc2nccnc2N)cc1N(C)C. The fourth-order valence-corrected chi connectivity index (χ4v) is 1.75. The quantitative estimate of drug-likeness (QED) is 0.864. The van der Waals surface area contributed by atoms with Crippen molar-refractivity contribution in [3.63, 3.8) is 0 Å². The summed E-state index contributed by atoms with van der Waals surface area (Å²) in [7, 11) is 4.03. The molecule has 2 aromatic rings. The molecule has 0 aliphatic heterocycles. The van der Waals surface area contributed by atoms with E-state index in [0.29, 0.717) is 11.6 Å². The number of nitrogens with zero attached hydrogens (tertiary/aromatic N) is 3. The Bertz CT molecular complexity index is 551. The number of anilines is 4. The van der Waals surface area contributed by atoms with Crippen LogP contribution in [-0.2, 0) is 0 Å². The second-order valence-electron chi connectivity index (χ2n) is 4.31. The minimum atomic E-state index is 0.393. The smallest absolute Gasteiger partial charge is 0.173 e. The van der Waals surface area contributed by atoms with Crippen molar-refractivity contribution in [1.29, 1.82) is 0 Å². The lowest BCUT2D eigenvalue weighted by Crippen LogP contribution is -2.10. The van der Waals surface area contributed by atoms with Gasteiger partial charge < -0.3 is 16.0 Å². The monoisotopic (exact) mass is 243 g/mol. The maximum absolute atomic E-state index is 5.75. The molecule has 5 heteroatoms. The van der Waals surface area contributed by atoms with E-state index in [1.165, 1.54) is 5.56 Å². The van der Waals surface area contributed by atoms with Crippen molar-refractivity contribution < 1.29 is 0 Å². The summed E-state index contributed by atoms with van der Waals surface area (Å²) in [5.74, 6) is 0.968. The van der Waals surface area contributed by atoms with Crippen LogP contribution in [0.2, 0.25) is 0 Å². The average Bonchev–Trinajstić information content (AvgIpc) is 2.34. The van der Waals surface area contributed by atoms with Gasteiger partial charge in [0.2, 0.25) is 0 Å². The van der Waals surface area contributed by atoms with Crippen molar-refractivity contribution >= 4 is 23.0 Å². The number of aryl methyl sites for hydroxylation is 1. The molecule has 0 aliphatic rings. The second kappa shape index (κ2) is 4.91. The van der Waals surface area contributed by atoms with Gasteiger partial charge in [-0.3, -0.25) is 0 Å². The lowest BCUT2D eigenvalue weighted by molar-refractivity contribution is 1.11. The second-order valence-corrected chi connectivity index (χ2v) is 4.31. The summed E-state index contributed by atoms with van der Waals surface area (Å²) in [5, 5.41) is 3.17. The summed E-state index contributed by atoms with van der Waals surface area (Å²) in [6.45, 7) is 2.08. The first-order valence-corrected chi connectivity index (χ1v) is 5.69. The highest BCUT2D eigenvalue weighted by Gasteiger charge is 2.05. The molecule has 1 aromatic heterocycles. The van der Waals surface area contributed by atoms with E-state index in [0.717, 1.165) is 11.4 Å². The van der Waals surface area contributed by atoms with Gasteiger partial charge >= 0.3 is 0 Å². The molecule has 0 radical (unpaired) electrons. The highest BCUT2D eigenvalue weighted by Crippen LogP contribution is 2.25. The predicted molar refractivity (Wildman–Crippen MR) is 75.2 cm³/mol. The van der Waals surface area contributed by atoms with Crippen LogP contribution >= 0.6 is 0 Å². The molecule has 2 rings (SSSR count). The van der Waals surface area contributed by atoms with Crippen molar-refractivity contribution in [1.82, 2.24) is 9.97 Å². The number of hydrogen-bond acceptors (Lipinski definition) is 5. The maximum atomic E-state index is 5.75. The third kappa shape index (κ3) is 2.51. The number of nitrogen functional groups attached to an aromatic ring is 1. The van der Waals surface area contributed by atoms with Gasteiger partial charge in [0.1, 0.15) is 0 Å². The third-order valence-electron chi connectivity index (χ3n) is 2.68. The fourth-order valence-electron chi connectivity index (χ4n) is 1.75. The molecule has 0 unspecified atom stereocenters. The molecule has 0 atom stereocenters. The standard InChI is InChI=1S/C13H17N5/c1-9-4-5-10(8-11(9)18(2)3)17-13-12(14)15-6-7-16-13/h4-8H,1-3H3,(H2,14,15)(H,16,17). The molecule has 0 bridgehead atoms. The topological polar surface area (TPSA) is 67.1 Å². The highest BCUT2D eigenvalue weighted by molar-refractivity contribution is 5.69. The summed E-state index contributed by atoms with van der Waals surface area (Å²) in [5.41, 5.74) is 9.07. The van der Waals surface area contributed by atoms with E-state index in [1.54, 1.807) is 12.4 Å². The molecule has 0 saturated heterocycles. The van der Waals surface area contributed by atoms with Gasteiger partial charge in [-0.15, -0.1) is 0 Å². The number of nitrogens with two attached hydrogens (primary N) is 1. The van der Waals surface area contributed by atoms with Gasteiger partial charge in [-0.2, -0.15) is 0 Å². The van der Waals surface area contributed by atoms with Gasteiger partial charge in [0.15, 0.2) is 11.6 Å². The molecule has 0 aliphatic carbocycles. The highest BCUT2D eigenvalue weighted by atomic mass is 15.1. The summed E-state index contributed by atoms with van der Waals surface area (Å²) in [6.07, 6.45) is 3.18. The number of rotatable bonds is 3. The van der Waals surface area contributed by atoms with Crippen molar-refractivity contribution in [2.45, 2.75) is 6.92 Å². The first kappa shape index (κ1) is 12.2. The first-order chi connectivity index (χ1) is 8.58. The zero-order valence-corrected chi connectivity index (χ0v) is 10.8. The van der Waals surface area contributed by atoms with Gasteiger partial charge in [0.05, 0.1) is 0 Å². The van der Waals surface area contributed by atoms with Crippen LogP contribution in [-0.4, -0.2) is 24.1 Å². The third-order valence-corrected chi connectivity index (χ3v) is 2.68. The molecule has 0 amide bonds. The van der Waals surface area contributed by atoms with E-state index in [2.05, 4.69) is 39.2 Å². The predicted octanol–water partition coefficient (Wildman–Crippen LogP) is 2.18. The average molecular weight is 243 g/mol. The Morgan fingerprint density at radius 2 is 1.89 bits per heavy atom. The molecule has 0 fully saturated rings. The Hall–Kier alpha value is -2.30. The van der Waals surface area contributed by atoms with E-state index >= 15 is 0 Å². The van der Waals surface area contributed by atoms with Crippen molar-refractivity contribution in [3.8, 4) is 0 Å². The minimum Gasteiger partial charge on any atom is -0.381 e. The molecule has 1 heterocycles. The van der Waals surface area contributed by atoms with Crippen LogP contribution in [0.25, 0.3) is 0 Å². The van der Waals surface area contributed by atoms with E-state index in [4.69, 9.17) is 5.73 Å². The van der Waals surface area contributed by atoms with E-state index in [9.17, 15) is 0 Å². The molecule has 94 valence electrons. The van der Waals surface area contributed by atoms with Crippen LogP contribution in [0.15, 0.2) is 30.6 Å². The normalized spacial score (nSPS) is 10.2. The van der Waals surface area contributed by atoms with Gasteiger partial charge in [-0.1, -0.05) is 6.07 Å². The van der Waals surface area contributed by atoms with E-state index in [1.807, 2.05) is 20.2 Å². The largest absolute Gasteiger partial charge is 0.381 e. The fraction of sp³-hybridized carbons (Fsp3) is 0.231. The van der Waals surface area contributed by atoms with Crippen LogP contribution in [0.4, 0.5) is 23.0 Å². The summed E-state index contributed by atoms with van der Waals surface area (Å²) >= 11 is 0. The Morgan fingerprint density at radius 1 is 1.17 bits per heavy atom. The maximum Gasteiger partial charge on any atom is 0.173 e. The van der Waals surface area contributed by atoms with Crippen LogP contribution in [0.3, 0.4) is 0 Å². The molecule has 1 aromatic carbocycles.